The van der Waals surface area contributed by atoms with E-state index in [0.29, 0.717) is 29.6 Å². The van der Waals surface area contributed by atoms with Crippen molar-refractivity contribution in [1.29, 1.82) is 0 Å². The van der Waals surface area contributed by atoms with Gasteiger partial charge in [-0.1, -0.05) is 18.5 Å². The monoisotopic (exact) mass is 386 g/mol. The zero-order chi connectivity index (χ0) is 18.9. The molecule has 0 aliphatic rings. The molecule has 1 heterocycles. The lowest BCUT2D eigenvalue weighted by Gasteiger charge is -2.15. The predicted molar refractivity (Wildman–Crippen MR) is 95.7 cm³/mol. The molecular formula is C16H21ClF2N6O. The third-order valence-electron chi connectivity index (χ3n) is 3.57. The van der Waals surface area contributed by atoms with Crippen molar-refractivity contribution in [2.75, 3.05) is 13.6 Å². The van der Waals surface area contributed by atoms with Crippen LogP contribution in [0.3, 0.4) is 0 Å². The lowest BCUT2D eigenvalue weighted by molar-refractivity contribution is -0.0504. The van der Waals surface area contributed by atoms with Gasteiger partial charge in [0, 0.05) is 43.7 Å². The van der Waals surface area contributed by atoms with Crippen molar-refractivity contribution in [2.45, 2.75) is 33.0 Å². The molecule has 1 aromatic carbocycles. The van der Waals surface area contributed by atoms with Crippen molar-refractivity contribution >= 4 is 17.6 Å². The number of alkyl halides is 2. The number of ether oxygens (including phenoxy) is 1. The van der Waals surface area contributed by atoms with Crippen LogP contribution in [-0.4, -0.2) is 40.9 Å². The summed E-state index contributed by atoms with van der Waals surface area (Å²) in [4.78, 5) is 4.11. The van der Waals surface area contributed by atoms with Gasteiger partial charge in [0.1, 0.15) is 17.9 Å². The summed E-state index contributed by atoms with van der Waals surface area (Å²) in [6, 6.07) is 4.49. The summed E-state index contributed by atoms with van der Waals surface area (Å²) in [6.07, 6.45) is 2.48. The van der Waals surface area contributed by atoms with Gasteiger partial charge in [-0.25, -0.2) is 0 Å². The van der Waals surface area contributed by atoms with E-state index in [4.69, 9.17) is 11.6 Å². The minimum atomic E-state index is -2.90. The Morgan fingerprint density at radius 1 is 1.38 bits per heavy atom. The van der Waals surface area contributed by atoms with Crippen LogP contribution in [0.25, 0.3) is 0 Å². The average molecular weight is 387 g/mol. The van der Waals surface area contributed by atoms with Gasteiger partial charge >= 0.3 is 6.61 Å². The molecule has 7 nitrogen and oxygen atoms in total. The Morgan fingerprint density at radius 2 is 2.19 bits per heavy atom. The number of hydrogen-bond donors (Lipinski definition) is 2. The van der Waals surface area contributed by atoms with Crippen molar-refractivity contribution in [3.63, 3.8) is 0 Å². The zero-order valence-corrected chi connectivity index (χ0v) is 15.3. The SMILES string of the molecule is CCc1nncn1CCNC(=NC)NCc1cc(Cl)ccc1OC(F)F. The topological polar surface area (TPSA) is 76.4 Å². The Balaban J connectivity index is 1.89. The molecule has 2 aromatic rings. The molecule has 2 rings (SSSR count). The van der Waals surface area contributed by atoms with Crippen molar-refractivity contribution in [3.05, 3.63) is 40.9 Å². The number of halogens is 3. The largest absolute Gasteiger partial charge is 0.434 e. The van der Waals surface area contributed by atoms with Gasteiger partial charge in [-0.05, 0) is 18.2 Å². The molecule has 0 saturated heterocycles. The highest BCUT2D eigenvalue weighted by molar-refractivity contribution is 6.30. The van der Waals surface area contributed by atoms with E-state index >= 15 is 0 Å². The fourth-order valence-corrected chi connectivity index (χ4v) is 2.53. The summed E-state index contributed by atoms with van der Waals surface area (Å²) in [5.41, 5.74) is 0.507. The number of guanidine groups is 1. The third kappa shape index (κ3) is 5.83. The van der Waals surface area contributed by atoms with E-state index in [1.54, 1.807) is 19.4 Å². The number of nitrogens with one attached hydrogen (secondary N) is 2. The highest BCUT2D eigenvalue weighted by Gasteiger charge is 2.11. The van der Waals surface area contributed by atoms with Crippen LogP contribution >= 0.6 is 11.6 Å². The molecule has 0 aliphatic carbocycles. The van der Waals surface area contributed by atoms with Gasteiger partial charge in [0.25, 0.3) is 0 Å². The van der Waals surface area contributed by atoms with Gasteiger partial charge < -0.3 is 19.9 Å². The average Bonchev–Trinajstić information content (AvgIpc) is 3.07. The van der Waals surface area contributed by atoms with Crippen molar-refractivity contribution in [1.82, 2.24) is 25.4 Å². The maximum absolute atomic E-state index is 12.5. The molecule has 142 valence electrons. The second kappa shape index (κ2) is 9.91. The number of benzene rings is 1. The predicted octanol–water partition coefficient (Wildman–Crippen LogP) is 2.46. The number of rotatable bonds is 8. The Bertz CT molecular complexity index is 737. The van der Waals surface area contributed by atoms with Crippen molar-refractivity contribution < 1.29 is 13.5 Å². The summed E-state index contributed by atoms with van der Waals surface area (Å²) in [5.74, 6) is 1.51. The molecule has 0 atom stereocenters. The number of aromatic nitrogens is 3. The molecule has 10 heteroatoms. The van der Waals surface area contributed by atoms with Gasteiger partial charge in [0.05, 0.1) is 0 Å². The Morgan fingerprint density at radius 3 is 2.88 bits per heavy atom. The fraction of sp³-hybridized carbons (Fsp3) is 0.438. The summed E-state index contributed by atoms with van der Waals surface area (Å²) < 4.78 is 31.5. The van der Waals surface area contributed by atoms with Gasteiger partial charge in [-0.3, -0.25) is 4.99 Å². The summed E-state index contributed by atoms with van der Waals surface area (Å²) in [5, 5.41) is 14.5. The van der Waals surface area contributed by atoms with Crippen LogP contribution in [-0.2, 0) is 19.5 Å². The summed E-state index contributed by atoms with van der Waals surface area (Å²) in [7, 11) is 1.63. The minimum Gasteiger partial charge on any atom is -0.434 e. The lowest BCUT2D eigenvalue weighted by atomic mass is 10.2. The molecule has 0 radical (unpaired) electrons. The maximum Gasteiger partial charge on any atom is 0.387 e. The standard InChI is InChI=1S/C16H21ClF2N6O/c1-3-14-24-23-10-25(14)7-6-21-16(20-2)22-9-11-8-12(17)4-5-13(11)26-15(18)19/h4-5,8,10,15H,3,6-7,9H2,1-2H3,(H2,20,21,22). The first-order valence-corrected chi connectivity index (χ1v) is 8.45. The highest BCUT2D eigenvalue weighted by Crippen LogP contribution is 2.24. The van der Waals surface area contributed by atoms with Gasteiger partial charge in [-0.15, -0.1) is 10.2 Å². The van der Waals surface area contributed by atoms with E-state index in [1.807, 2.05) is 11.5 Å². The molecule has 0 unspecified atom stereocenters. The van der Waals surface area contributed by atoms with E-state index in [2.05, 4.69) is 30.6 Å². The van der Waals surface area contributed by atoms with E-state index in [-0.39, 0.29) is 12.3 Å². The first kappa shape index (κ1) is 19.9. The van der Waals surface area contributed by atoms with Gasteiger partial charge in [0.15, 0.2) is 5.96 Å². The smallest absolute Gasteiger partial charge is 0.387 e. The van der Waals surface area contributed by atoms with Gasteiger partial charge in [-0.2, -0.15) is 8.78 Å². The summed E-state index contributed by atoms with van der Waals surface area (Å²) >= 11 is 5.94. The molecular weight excluding hydrogens is 366 g/mol. The van der Waals surface area contributed by atoms with Crippen LogP contribution in [0.4, 0.5) is 8.78 Å². The quantitative estimate of drug-likeness (QED) is 0.538. The maximum atomic E-state index is 12.5. The molecule has 1 aromatic heterocycles. The summed E-state index contributed by atoms with van der Waals surface area (Å²) in [6.45, 7) is 0.617. The number of aryl methyl sites for hydroxylation is 1. The second-order valence-electron chi connectivity index (χ2n) is 5.28. The van der Waals surface area contributed by atoms with E-state index in [9.17, 15) is 8.78 Å². The zero-order valence-electron chi connectivity index (χ0n) is 14.5. The Labute approximate surface area is 155 Å². The van der Waals surface area contributed by atoms with Crippen LogP contribution in [0.15, 0.2) is 29.5 Å². The van der Waals surface area contributed by atoms with Gasteiger partial charge in [0.2, 0.25) is 0 Å². The fourth-order valence-electron chi connectivity index (χ4n) is 2.33. The Hall–Kier alpha value is -2.42. The minimum absolute atomic E-state index is 0.0735. The van der Waals surface area contributed by atoms with Crippen molar-refractivity contribution in [2.24, 2.45) is 4.99 Å². The van der Waals surface area contributed by atoms with Crippen LogP contribution in [0.1, 0.15) is 18.3 Å². The molecule has 0 saturated carbocycles. The number of aliphatic imine (C=N–C) groups is 1. The molecule has 26 heavy (non-hydrogen) atoms. The molecule has 2 N–H and O–H groups in total. The van der Waals surface area contributed by atoms with E-state index in [0.717, 1.165) is 12.2 Å². The molecule has 0 fully saturated rings. The molecule has 0 amide bonds. The normalized spacial score (nSPS) is 11.7. The first-order chi connectivity index (χ1) is 12.5. The van der Waals surface area contributed by atoms with Crippen LogP contribution in [0, 0.1) is 0 Å². The van der Waals surface area contributed by atoms with Crippen molar-refractivity contribution in [3.8, 4) is 5.75 Å². The lowest BCUT2D eigenvalue weighted by Crippen LogP contribution is -2.38. The highest BCUT2D eigenvalue weighted by atomic mass is 35.5. The third-order valence-corrected chi connectivity index (χ3v) is 3.80. The van der Waals surface area contributed by atoms with E-state index in [1.165, 1.54) is 12.1 Å². The van der Waals surface area contributed by atoms with Crippen LogP contribution in [0.2, 0.25) is 5.02 Å². The molecule has 0 bridgehead atoms. The Kier molecular flexibility index (Phi) is 7.58. The van der Waals surface area contributed by atoms with Crippen LogP contribution < -0.4 is 15.4 Å². The molecule has 0 aliphatic heterocycles. The molecule has 0 spiro atoms. The second-order valence-corrected chi connectivity index (χ2v) is 5.71. The van der Waals surface area contributed by atoms with E-state index < -0.39 is 6.61 Å². The number of nitrogens with zero attached hydrogens (tertiary/aromatic N) is 4. The first-order valence-electron chi connectivity index (χ1n) is 8.08. The van der Waals surface area contributed by atoms with Crippen LogP contribution in [0.5, 0.6) is 5.75 Å². The number of hydrogen-bond acceptors (Lipinski definition) is 4.